The Morgan fingerprint density at radius 1 is 0.812 bits per heavy atom. The van der Waals surface area contributed by atoms with Crippen LogP contribution in [0.2, 0.25) is 0 Å². The van der Waals surface area contributed by atoms with Gasteiger partial charge in [0.1, 0.15) is 0 Å². The topological polar surface area (TPSA) is 50.2 Å². The van der Waals surface area contributed by atoms with Gasteiger partial charge in [0, 0.05) is 32.4 Å². The zero-order valence-corrected chi connectivity index (χ0v) is 20.2. The molecule has 0 aliphatic rings. The van der Waals surface area contributed by atoms with Gasteiger partial charge in [-0.05, 0) is 41.8 Å². The van der Waals surface area contributed by atoms with E-state index in [0.29, 0.717) is 0 Å². The van der Waals surface area contributed by atoms with Gasteiger partial charge in [-0.3, -0.25) is 4.79 Å². The van der Waals surface area contributed by atoms with E-state index in [1.54, 1.807) is 0 Å². The minimum absolute atomic E-state index is 0. The fourth-order valence-corrected chi connectivity index (χ4v) is 3.81. The molecule has 32 heavy (non-hydrogen) atoms. The van der Waals surface area contributed by atoms with Crippen molar-refractivity contribution in [2.75, 3.05) is 0 Å². The van der Waals surface area contributed by atoms with Gasteiger partial charge in [-0.1, -0.05) is 76.8 Å². The predicted octanol–water partition coefficient (Wildman–Crippen LogP) is 7.04. The third kappa shape index (κ3) is 4.94. The van der Waals surface area contributed by atoms with Crippen LogP contribution in [0.4, 0.5) is 0 Å². The van der Waals surface area contributed by atoms with Crippen molar-refractivity contribution in [3.8, 4) is 11.3 Å². The molecule has 4 aromatic carbocycles. The molecular weight excluding hydrogens is 575 g/mol. The standard InChI is InChI=1S/C23H14N.C5H8O2.Ir/c1-2-9-19-17(7-1)18-8-3-4-10-20(18)22-15-16(12-13-21(19)22)23-11-5-6-14-24-23;1-4(6)3-5(2)7;/h1-11,13-15H;3,6H,1-2H3;/q-1;;. The number of rotatable bonds is 2. The van der Waals surface area contributed by atoms with Gasteiger partial charge < -0.3 is 10.1 Å². The van der Waals surface area contributed by atoms with Crippen LogP contribution in [0.1, 0.15) is 13.8 Å². The van der Waals surface area contributed by atoms with Gasteiger partial charge in [0.25, 0.3) is 0 Å². The molecule has 0 saturated carbocycles. The summed E-state index contributed by atoms with van der Waals surface area (Å²) >= 11 is 0. The zero-order valence-electron chi connectivity index (χ0n) is 17.8. The Hall–Kier alpha value is -3.33. The summed E-state index contributed by atoms with van der Waals surface area (Å²) in [6, 6.07) is 30.9. The fourth-order valence-electron chi connectivity index (χ4n) is 3.81. The van der Waals surface area contributed by atoms with E-state index in [0.717, 1.165) is 11.3 Å². The number of nitrogens with zero attached hydrogens (tertiary/aromatic N) is 1. The fraction of sp³-hybridized carbons (Fsp3) is 0.0714. The predicted molar refractivity (Wildman–Crippen MR) is 128 cm³/mol. The Bertz CT molecular complexity index is 1390. The number of ketones is 1. The number of carbonyl (C=O) groups excluding carboxylic acids is 1. The van der Waals surface area contributed by atoms with Gasteiger partial charge in [0.15, 0.2) is 5.78 Å². The molecular formula is C28H22IrNO2-. The molecule has 1 heterocycles. The number of fused-ring (bicyclic) bond motifs is 6. The molecule has 0 atom stereocenters. The van der Waals surface area contributed by atoms with Crippen molar-refractivity contribution < 1.29 is 30.0 Å². The SMILES string of the molecule is CC(=O)C=C(C)O.[Ir].[c-]1cc2c3ccccc3c3ccccc3c2cc1-c1ccccn1. The summed E-state index contributed by atoms with van der Waals surface area (Å²) in [4.78, 5) is 14.5. The molecule has 0 bridgehead atoms. The summed E-state index contributed by atoms with van der Waals surface area (Å²) in [7, 11) is 0. The Morgan fingerprint density at radius 2 is 1.34 bits per heavy atom. The van der Waals surface area contributed by atoms with Gasteiger partial charge in [-0.25, -0.2) is 0 Å². The van der Waals surface area contributed by atoms with Crippen molar-refractivity contribution in [2.45, 2.75) is 13.8 Å². The summed E-state index contributed by atoms with van der Waals surface area (Å²) < 4.78 is 0. The minimum atomic E-state index is -0.125. The second kappa shape index (κ2) is 10.3. The average molecular weight is 597 g/mol. The Kier molecular flexibility index (Phi) is 7.53. The number of hydrogen-bond donors (Lipinski definition) is 1. The largest absolute Gasteiger partial charge is 0.512 e. The first kappa shape index (κ1) is 23.3. The second-order valence-electron chi connectivity index (χ2n) is 7.38. The molecule has 1 radical (unpaired) electrons. The summed E-state index contributed by atoms with van der Waals surface area (Å²) in [5.74, 6) is -0.0625. The van der Waals surface area contributed by atoms with Gasteiger partial charge in [-0.15, -0.1) is 23.8 Å². The monoisotopic (exact) mass is 597 g/mol. The number of allylic oxidation sites excluding steroid dienone is 2. The van der Waals surface area contributed by atoms with Crippen LogP contribution in [-0.4, -0.2) is 15.9 Å². The van der Waals surface area contributed by atoms with E-state index >= 15 is 0 Å². The van der Waals surface area contributed by atoms with E-state index in [1.807, 2.05) is 24.4 Å². The van der Waals surface area contributed by atoms with E-state index in [9.17, 15) is 4.79 Å². The Morgan fingerprint density at radius 3 is 1.81 bits per heavy atom. The molecule has 0 spiro atoms. The van der Waals surface area contributed by atoms with Crippen molar-refractivity contribution in [1.29, 1.82) is 0 Å². The van der Waals surface area contributed by atoms with Crippen LogP contribution in [0.5, 0.6) is 0 Å². The smallest absolute Gasteiger partial charge is 0.155 e. The first-order valence-electron chi connectivity index (χ1n) is 10.1. The van der Waals surface area contributed by atoms with Crippen LogP contribution in [0.15, 0.2) is 96.9 Å². The molecule has 4 heteroatoms. The number of hydrogen-bond acceptors (Lipinski definition) is 3. The summed E-state index contributed by atoms with van der Waals surface area (Å²) in [6.07, 6.45) is 2.99. The van der Waals surface area contributed by atoms with Crippen molar-refractivity contribution >= 4 is 38.1 Å². The van der Waals surface area contributed by atoms with Crippen LogP contribution in [0.25, 0.3) is 43.6 Å². The number of pyridine rings is 1. The molecule has 5 aromatic rings. The first-order valence-corrected chi connectivity index (χ1v) is 10.1. The molecule has 0 saturated heterocycles. The minimum Gasteiger partial charge on any atom is -0.512 e. The second-order valence-corrected chi connectivity index (χ2v) is 7.38. The Balaban J connectivity index is 0.000000318. The number of aromatic nitrogens is 1. The average Bonchev–Trinajstić information content (AvgIpc) is 2.79. The van der Waals surface area contributed by atoms with Gasteiger partial charge in [0.2, 0.25) is 0 Å². The van der Waals surface area contributed by atoms with Crippen molar-refractivity contribution in [3.63, 3.8) is 0 Å². The molecule has 0 amide bonds. The van der Waals surface area contributed by atoms with E-state index in [-0.39, 0.29) is 31.6 Å². The molecule has 0 aliphatic carbocycles. The van der Waals surface area contributed by atoms with Crippen molar-refractivity contribution in [2.24, 2.45) is 0 Å². The maximum absolute atomic E-state index is 10.0. The maximum Gasteiger partial charge on any atom is 0.155 e. The first-order chi connectivity index (χ1) is 15.0. The molecule has 0 unspecified atom stereocenters. The van der Waals surface area contributed by atoms with E-state index < -0.39 is 0 Å². The van der Waals surface area contributed by atoms with Gasteiger partial charge in [-0.2, -0.15) is 0 Å². The summed E-state index contributed by atoms with van der Waals surface area (Å²) in [6.45, 7) is 2.85. The van der Waals surface area contributed by atoms with E-state index in [4.69, 9.17) is 5.11 Å². The maximum atomic E-state index is 10.0. The number of benzene rings is 4. The third-order valence-electron chi connectivity index (χ3n) is 5.03. The number of carbonyl (C=O) groups is 1. The quantitative estimate of drug-likeness (QED) is 0.103. The third-order valence-corrected chi connectivity index (χ3v) is 5.03. The molecule has 0 fully saturated rings. The van der Waals surface area contributed by atoms with Gasteiger partial charge in [0.05, 0.1) is 5.76 Å². The summed E-state index contributed by atoms with van der Waals surface area (Å²) in [5.41, 5.74) is 1.99. The van der Waals surface area contributed by atoms with Crippen molar-refractivity contribution in [1.82, 2.24) is 4.98 Å². The van der Waals surface area contributed by atoms with E-state index in [1.165, 1.54) is 52.2 Å². The van der Waals surface area contributed by atoms with Crippen LogP contribution in [0, 0.1) is 6.07 Å². The number of aliphatic hydroxyl groups excluding tert-OH is 1. The molecule has 0 aliphatic heterocycles. The van der Waals surface area contributed by atoms with Crippen molar-refractivity contribution in [3.05, 3.63) is 103 Å². The number of aliphatic hydroxyl groups is 1. The summed E-state index contributed by atoms with van der Waals surface area (Å²) in [5, 5.41) is 16.0. The van der Waals surface area contributed by atoms with Gasteiger partial charge >= 0.3 is 0 Å². The molecule has 1 aromatic heterocycles. The molecule has 5 rings (SSSR count). The molecule has 161 valence electrons. The van der Waals surface area contributed by atoms with Crippen LogP contribution in [0.3, 0.4) is 0 Å². The Labute approximate surface area is 200 Å². The van der Waals surface area contributed by atoms with Crippen LogP contribution in [-0.2, 0) is 24.9 Å². The molecule has 1 N–H and O–H groups in total. The molecule has 3 nitrogen and oxygen atoms in total. The van der Waals surface area contributed by atoms with E-state index in [2.05, 4.69) is 71.7 Å². The normalized spacial score (nSPS) is 11.0. The zero-order chi connectivity index (χ0) is 21.8. The van der Waals surface area contributed by atoms with Crippen LogP contribution >= 0.6 is 0 Å². The van der Waals surface area contributed by atoms with Crippen LogP contribution < -0.4 is 0 Å².